The molecule has 2 aromatic rings. The number of benzene rings is 1. The number of amides is 1. The SMILES string of the molecule is CN(CC(C)(C)CN)C(=O)Cc1noc2ccccc12. The molecule has 0 aliphatic carbocycles. The van der Waals surface area contributed by atoms with Gasteiger partial charge in [-0.15, -0.1) is 0 Å². The summed E-state index contributed by atoms with van der Waals surface area (Å²) in [5, 5.41) is 4.88. The van der Waals surface area contributed by atoms with E-state index < -0.39 is 0 Å². The Balaban J connectivity index is 2.08. The molecule has 0 fully saturated rings. The van der Waals surface area contributed by atoms with E-state index in [4.69, 9.17) is 10.3 Å². The lowest BCUT2D eigenvalue weighted by Gasteiger charge is -2.28. The first-order valence-electron chi connectivity index (χ1n) is 6.70. The molecule has 2 N–H and O–H groups in total. The maximum Gasteiger partial charge on any atom is 0.228 e. The zero-order valence-electron chi connectivity index (χ0n) is 12.2. The highest BCUT2D eigenvalue weighted by molar-refractivity contribution is 5.86. The molecule has 5 nitrogen and oxygen atoms in total. The summed E-state index contributed by atoms with van der Waals surface area (Å²) in [6, 6.07) is 7.56. The van der Waals surface area contributed by atoms with Crippen molar-refractivity contribution >= 4 is 16.9 Å². The van der Waals surface area contributed by atoms with Gasteiger partial charge in [0, 0.05) is 19.0 Å². The molecule has 0 saturated heterocycles. The van der Waals surface area contributed by atoms with Crippen molar-refractivity contribution in [1.82, 2.24) is 10.1 Å². The summed E-state index contributed by atoms with van der Waals surface area (Å²) >= 11 is 0. The van der Waals surface area contributed by atoms with Crippen LogP contribution in [0.25, 0.3) is 11.0 Å². The van der Waals surface area contributed by atoms with Crippen molar-refractivity contribution in [2.24, 2.45) is 11.1 Å². The van der Waals surface area contributed by atoms with Crippen molar-refractivity contribution in [3.8, 4) is 0 Å². The molecule has 0 bridgehead atoms. The van der Waals surface area contributed by atoms with E-state index in [0.29, 0.717) is 24.4 Å². The van der Waals surface area contributed by atoms with E-state index in [1.165, 1.54) is 0 Å². The summed E-state index contributed by atoms with van der Waals surface area (Å²) in [5.41, 5.74) is 7.00. The molecule has 0 aliphatic rings. The molecule has 0 unspecified atom stereocenters. The van der Waals surface area contributed by atoms with E-state index >= 15 is 0 Å². The smallest absolute Gasteiger partial charge is 0.228 e. The van der Waals surface area contributed by atoms with Crippen LogP contribution in [0, 0.1) is 5.41 Å². The van der Waals surface area contributed by atoms with Gasteiger partial charge in [0.15, 0.2) is 5.58 Å². The molecule has 0 atom stereocenters. The van der Waals surface area contributed by atoms with Crippen LogP contribution in [-0.2, 0) is 11.2 Å². The van der Waals surface area contributed by atoms with Crippen LogP contribution in [0.15, 0.2) is 28.8 Å². The molecule has 0 saturated carbocycles. The molecule has 1 aromatic heterocycles. The third kappa shape index (κ3) is 3.17. The number of likely N-dealkylation sites (N-methyl/N-ethyl adjacent to an activating group) is 1. The van der Waals surface area contributed by atoms with Gasteiger partial charge in [0.2, 0.25) is 5.91 Å². The zero-order valence-corrected chi connectivity index (χ0v) is 12.2. The predicted octanol–water partition coefficient (Wildman–Crippen LogP) is 1.81. The lowest BCUT2D eigenvalue weighted by atomic mass is 9.93. The topological polar surface area (TPSA) is 72.4 Å². The summed E-state index contributed by atoms with van der Waals surface area (Å²) in [6.07, 6.45) is 0.244. The highest BCUT2D eigenvalue weighted by Crippen LogP contribution is 2.19. The van der Waals surface area contributed by atoms with E-state index in [9.17, 15) is 4.79 Å². The molecule has 5 heteroatoms. The van der Waals surface area contributed by atoms with Crippen molar-refractivity contribution in [2.45, 2.75) is 20.3 Å². The van der Waals surface area contributed by atoms with Crippen LogP contribution in [0.4, 0.5) is 0 Å². The first kappa shape index (κ1) is 14.5. The van der Waals surface area contributed by atoms with Crippen LogP contribution in [-0.4, -0.2) is 36.1 Å². The van der Waals surface area contributed by atoms with E-state index in [1.54, 1.807) is 11.9 Å². The number of nitrogens with two attached hydrogens (primary N) is 1. The maximum atomic E-state index is 12.3. The Hall–Kier alpha value is -1.88. The summed E-state index contributed by atoms with van der Waals surface area (Å²) in [5.74, 6) is 0.0191. The van der Waals surface area contributed by atoms with E-state index in [1.807, 2.05) is 38.1 Å². The molecular weight excluding hydrogens is 254 g/mol. The van der Waals surface area contributed by atoms with Gasteiger partial charge in [-0.2, -0.15) is 0 Å². The summed E-state index contributed by atoms with van der Waals surface area (Å²) in [6.45, 7) is 5.25. The number of aromatic nitrogens is 1. The van der Waals surface area contributed by atoms with Gasteiger partial charge in [-0.05, 0) is 24.1 Å². The fraction of sp³-hybridized carbons (Fsp3) is 0.467. The van der Waals surface area contributed by atoms with Crippen molar-refractivity contribution in [2.75, 3.05) is 20.1 Å². The van der Waals surface area contributed by atoms with Gasteiger partial charge in [0.1, 0.15) is 5.69 Å². The highest BCUT2D eigenvalue weighted by atomic mass is 16.5. The van der Waals surface area contributed by atoms with Gasteiger partial charge in [-0.3, -0.25) is 4.79 Å². The van der Waals surface area contributed by atoms with Gasteiger partial charge >= 0.3 is 0 Å². The lowest BCUT2D eigenvalue weighted by Crippen LogP contribution is -2.40. The standard InChI is InChI=1S/C15H21N3O2/c1-15(2,9-16)10-18(3)14(19)8-12-11-6-4-5-7-13(11)20-17-12/h4-7H,8-10,16H2,1-3H3. The summed E-state index contributed by atoms with van der Waals surface area (Å²) in [4.78, 5) is 14.0. The number of hydrogen-bond acceptors (Lipinski definition) is 4. The summed E-state index contributed by atoms with van der Waals surface area (Å²) in [7, 11) is 1.79. The lowest BCUT2D eigenvalue weighted by molar-refractivity contribution is -0.130. The fourth-order valence-electron chi connectivity index (χ4n) is 2.14. The van der Waals surface area contributed by atoms with Gasteiger partial charge in [0.05, 0.1) is 6.42 Å². The molecule has 108 valence electrons. The second kappa shape index (κ2) is 5.63. The number of nitrogens with zero attached hydrogens (tertiary/aromatic N) is 2. The molecule has 1 heterocycles. The Morgan fingerprint density at radius 1 is 1.40 bits per heavy atom. The zero-order chi connectivity index (χ0) is 14.8. The third-order valence-electron chi connectivity index (χ3n) is 3.41. The van der Waals surface area contributed by atoms with Crippen LogP contribution in [0.1, 0.15) is 19.5 Å². The number of para-hydroxylation sites is 1. The van der Waals surface area contributed by atoms with Crippen LogP contribution in [0.2, 0.25) is 0 Å². The van der Waals surface area contributed by atoms with E-state index in [0.717, 1.165) is 5.39 Å². The van der Waals surface area contributed by atoms with Crippen molar-refractivity contribution in [3.63, 3.8) is 0 Å². The minimum atomic E-state index is -0.0870. The quantitative estimate of drug-likeness (QED) is 0.903. The average molecular weight is 275 g/mol. The Kier molecular flexibility index (Phi) is 4.09. The number of rotatable bonds is 5. The maximum absolute atomic E-state index is 12.3. The Labute approximate surface area is 118 Å². The normalized spacial score (nSPS) is 11.8. The van der Waals surface area contributed by atoms with Crippen LogP contribution < -0.4 is 5.73 Å². The van der Waals surface area contributed by atoms with Crippen molar-refractivity contribution < 1.29 is 9.32 Å². The van der Waals surface area contributed by atoms with E-state index in [2.05, 4.69) is 5.16 Å². The predicted molar refractivity (Wildman–Crippen MR) is 78.2 cm³/mol. The molecule has 1 aromatic carbocycles. The first-order chi connectivity index (χ1) is 9.43. The Morgan fingerprint density at radius 2 is 2.10 bits per heavy atom. The fourth-order valence-corrected chi connectivity index (χ4v) is 2.14. The van der Waals surface area contributed by atoms with Crippen LogP contribution in [0.3, 0.4) is 0 Å². The number of hydrogen-bond donors (Lipinski definition) is 1. The summed E-state index contributed by atoms with van der Waals surface area (Å²) < 4.78 is 5.21. The molecular formula is C15H21N3O2. The second-order valence-electron chi connectivity index (χ2n) is 5.92. The molecule has 20 heavy (non-hydrogen) atoms. The highest BCUT2D eigenvalue weighted by Gasteiger charge is 2.22. The molecule has 0 radical (unpaired) electrons. The molecule has 0 aliphatic heterocycles. The monoisotopic (exact) mass is 275 g/mol. The van der Waals surface area contributed by atoms with Gasteiger partial charge in [-0.1, -0.05) is 31.1 Å². The molecule has 0 spiro atoms. The van der Waals surface area contributed by atoms with Crippen LogP contribution >= 0.6 is 0 Å². The second-order valence-corrected chi connectivity index (χ2v) is 5.92. The first-order valence-corrected chi connectivity index (χ1v) is 6.70. The third-order valence-corrected chi connectivity index (χ3v) is 3.41. The Bertz CT molecular complexity index is 604. The minimum absolute atomic E-state index is 0.0191. The van der Waals surface area contributed by atoms with Crippen molar-refractivity contribution in [1.29, 1.82) is 0 Å². The Morgan fingerprint density at radius 3 is 2.80 bits per heavy atom. The largest absolute Gasteiger partial charge is 0.356 e. The van der Waals surface area contributed by atoms with Crippen LogP contribution in [0.5, 0.6) is 0 Å². The van der Waals surface area contributed by atoms with E-state index in [-0.39, 0.29) is 17.7 Å². The van der Waals surface area contributed by atoms with Gasteiger partial charge in [0.25, 0.3) is 0 Å². The molecule has 1 amide bonds. The molecule has 2 rings (SSSR count). The van der Waals surface area contributed by atoms with Crippen molar-refractivity contribution in [3.05, 3.63) is 30.0 Å². The number of carbonyl (C=O) groups excluding carboxylic acids is 1. The van der Waals surface area contributed by atoms with Gasteiger partial charge < -0.3 is 15.2 Å². The average Bonchev–Trinajstić information content (AvgIpc) is 2.82. The number of carbonyl (C=O) groups is 1. The number of fused-ring (bicyclic) bond motifs is 1. The van der Waals surface area contributed by atoms with Gasteiger partial charge in [-0.25, -0.2) is 0 Å². The minimum Gasteiger partial charge on any atom is -0.356 e.